The van der Waals surface area contributed by atoms with Gasteiger partial charge in [0, 0.05) is 19.3 Å². The monoisotopic (exact) mass is 270 g/mol. The van der Waals surface area contributed by atoms with E-state index < -0.39 is 15.9 Å². The van der Waals surface area contributed by atoms with Crippen LogP contribution >= 0.6 is 0 Å². The van der Waals surface area contributed by atoms with Crippen LogP contribution in [0.4, 0.5) is 0 Å². The lowest BCUT2D eigenvalue weighted by Gasteiger charge is -2.16. The first-order valence-corrected chi connectivity index (χ1v) is 7.87. The minimum atomic E-state index is -3.13. The zero-order chi connectivity index (χ0) is 13.6. The predicted octanol–water partition coefficient (Wildman–Crippen LogP) is 1.77. The fourth-order valence-corrected chi connectivity index (χ4v) is 2.16. The second-order valence-electron chi connectivity index (χ2n) is 4.09. The molecule has 0 heterocycles. The number of sulfone groups is 1. The van der Waals surface area contributed by atoms with Gasteiger partial charge in [-0.2, -0.15) is 0 Å². The molecule has 5 heteroatoms. The summed E-state index contributed by atoms with van der Waals surface area (Å²) in [4.78, 5) is 12.0. The van der Waals surface area contributed by atoms with Crippen molar-refractivity contribution in [2.24, 2.45) is 0 Å². The molecule has 0 aliphatic heterocycles. The summed E-state index contributed by atoms with van der Waals surface area (Å²) in [6.45, 7) is 2.21. The number of benzene rings is 1. The average molecular weight is 270 g/mol. The molecule has 18 heavy (non-hydrogen) atoms. The van der Waals surface area contributed by atoms with Crippen LogP contribution in [-0.4, -0.2) is 32.8 Å². The molecule has 1 rings (SSSR count). The molecule has 100 valence electrons. The number of rotatable bonds is 7. The summed E-state index contributed by atoms with van der Waals surface area (Å²) in [5.41, 5.74) is 0.762. The van der Waals surface area contributed by atoms with E-state index >= 15 is 0 Å². The highest BCUT2D eigenvalue weighted by Gasteiger charge is 2.21. The van der Waals surface area contributed by atoms with E-state index in [2.05, 4.69) is 0 Å². The van der Waals surface area contributed by atoms with E-state index in [0.29, 0.717) is 6.61 Å². The summed E-state index contributed by atoms with van der Waals surface area (Å²) in [6, 6.07) is 9.11. The highest BCUT2D eigenvalue weighted by molar-refractivity contribution is 7.90. The van der Waals surface area contributed by atoms with Crippen molar-refractivity contribution in [1.82, 2.24) is 0 Å². The Morgan fingerprint density at radius 1 is 1.28 bits per heavy atom. The Kier molecular flexibility index (Phi) is 5.50. The topological polar surface area (TPSA) is 60.4 Å². The van der Waals surface area contributed by atoms with Crippen LogP contribution in [0.3, 0.4) is 0 Å². The molecular formula is C13H18O4S. The van der Waals surface area contributed by atoms with Gasteiger partial charge < -0.3 is 4.74 Å². The largest absolute Gasteiger partial charge is 0.366 e. The molecule has 0 spiro atoms. The van der Waals surface area contributed by atoms with Gasteiger partial charge in [-0.05, 0) is 12.5 Å². The molecular weight excluding hydrogens is 252 g/mol. The Balaban J connectivity index is 2.76. The van der Waals surface area contributed by atoms with E-state index in [9.17, 15) is 13.2 Å². The van der Waals surface area contributed by atoms with Gasteiger partial charge in [0.15, 0.2) is 5.78 Å². The Hall–Kier alpha value is -1.20. The maximum Gasteiger partial charge on any atom is 0.167 e. The van der Waals surface area contributed by atoms with Crippen LogP contribution in [0.2, 0.25) is 0 Å². The van der Waals surface area contributed by atoms with Gasteiger partial charge in [-0.1, -0.05) is 30.3 Å². The third-order valence-electron chi connectivity index (χ3n) is 2.45. The quantitative estimate of drug-likeness (QED) is 0.757. The van der Waals surface area contributed by atoms with Crippen LogP contribution in [0.25, 0.3) is 0 Å². The number of ketones is 1. The zero-order valence-electron chi connectivity index (χ0n) is 10.6. The molecule has 0 N–H and O–H groups in total. The van der Waals surface area contributed by atoms with Gasteiger partial charge in [0.2, 0.25) is 0 Å². The summed E-state index contributed by atoms with van der Waals surface area (Å²) < 4.78 is 27.5. The van der Waals surface area contributed by atoms with Crippen molar-refractivity contribution < 1.29 is 17.9 Å². The second kappa shape index (κ2) is 6.66. The predicted molar refractivity (Wildman–Crippen MR) is 70.1 cm³/mol. The van der Waals surface area contributed by atoms with Crippen molar-refractivity contribution >= 4 is 15.6 Å². The summed E-state index contributed by atoms with van der Waals surface area (Å²) in [5.74, 6) is -0.337. The van der Waals surface area contributed by atoms with Crippen molar-refractivity contribution in [3.63, 3.8) is 0 Å². The highest BCUT2D eigenvalue weighted by Crippen LogP contribution is 2.19. The number of hydrogen-bond acceptors (Lipinski definition) is 4. The molecule has 0 saturated carbocycles. The van der Waals surface area contributed by atoms with Gasteiger partial charge in [0.1, 0.15) is 15.9 Å². The average Bonchev–Trinajstić information content (AvgIpc) is 2.33. The Bertz CT molecular complexity index is 479. The van der Waals surface area contributed by atoms with Gasteiger partial charge in [0.25, 0.3) is 0 Å². The van der Waals surface area contributed by atoms with E-state index in [4.69, 9.17) is 4.74 Å². The molecule has 1 unspecified atom stereocenters. The molecule has 4 nitrogen and oxygen atoms in total. The first-order chi connectivity index (χ1) is 8.44. The highest BCUT2D eigenvalue weighted by atomic mass is 32.2. The van der Waals surface area contributed by atoms with E-state index in [-0.39, 0.29) is 18.0 Å². The van der Waals surface area contributed by atoms with Crippen LogP contribution in [0.15, 0.2) is 30.3 Å². The smallest absolute Gasteiger partial charge is 0.167 e. The molecule has 1 aromatic carbocycles. The molecule has 0 bridgehead atoms. The van der Waals surface area contributed by atoms with Crippen molar-refractivity contribution in [2.75, 3.05) is 18.6 Å². The van der Waals surface area contributed by atoms with Gasteiger partial charge in [-0.25, -0.2) is 8.42 Å². The third-order valence-corrected chi connectivity index (χ3v) is 3.39. The molecule has 0 fully saturated rings. The Morgan fingerprint density at radius 3 is 2.39 bits per heavy atom. The minimum Gasteiger partial charge on any atom is -0.366 e. The second-order valence-corrected chi connectivity index (χ2v) is 6.35. The van der Waals surface area contributed by atoms with Gasteiger partial charge >= 0.3 is 0 Å². The maximum absolute atomic E-state index is 12.0. The van der Waals surface area contributed by atoms with Crippen molar-refractivity contribution in [2.45, 2.75) is 19.4 Å². The lowest BCUT2D eigenvalue weighted by molar-refractivity contribution is -0.130. The van der Waals surface area contributed by atoms with Crippen LogP contribution in [0, 0.1) is 0 Å². The summed E-state index contributed by atoms with van der Waals surface area (Å²) >= 11 is 0. The van der Waals surface area contributed by atoms with Gasteiger partial charge in [-0.15, -0.1) is 0 Å². The number of Topliss-reactive ketones (excluding diaryl/α,β-unsaturated/α-hetero) is 1. The van der Waals surface area contributed by atoms with Crippen LogP contribution in [0.5, 0.6) is 0 Å². The normalized spacial score (nSPS) is 13.2. The van der Waals surface area contributed by atoms with E-state index in [1.807, 2.05) is 18.2 Å². The first-order valence-electron chi connectivity index (χ1n) is 5.81. The number of carbonyl (C=O) groups excluding carboxylic acids is 1. The van der Waals surface area contributed by atoms with E-state index in [1.165, 1.54) is 0 Å². The summed E-state index contributed by atoms with van der Waals surface area (Å²) in [5, 5.41) is 0. The molecule has 0 aromatic heterocycles. The minimum absolute atomic E-state index is 0.0155. The zero-order valence-corrected chi connectivity index (χ0v) is 11.4. The number of ether oxygens (including phenoxy) is 1. The van der Waals surface area contributed by atoms with Crippen LogP contribution < -0.4 is 0 Å². The summed E-state index contributed by atoms with van der Waals surface area (Å²) in [6.07, 6.45) is 0.439. The standard InChI is InChI=1S/C13H18O4S/c1-3-17-13(11-7-5-4-6-8-11)12(14)9-10-18(2,15)16/h4-8,13H,3,9-10H2,1-2H3. The SMILES string of the molecule is CCOC(C(=O)CCS(C)(=O)=O)c1ccccc1. The lowest BCUT2D eigenvalue weighted by Crippen LogP contribution is -2.19. The van der Waals surface area contributed by atoms with Gasteiger partial charge in [-0.3, -0.25) is 4.79 Å². The fourth-order valence-electron chi connectivity index (χ4n) is 1.59. The van der Waals surface area contributed by atoms with Crippen molar-refractivity contribution in [3.8, 4) is 0 Å². The molecule has 0 aliphatic rings. The van der Waals surface area contributed by atoms with E-state index in [1.54, 1.807) is 19.1 Å². The third kappa shape index (κ3) is 4.98. The fraction of sp³-hybridized carbons (Fsp3) is 0.462. The van der Waals surface area contributed by atoms with Crippen LogP contribution in [-0.2, 0) is 19.4 Å². The molecule has 0 radical (unpaired) electrons. The van der Waals surface area contributed by atoms with Crippen molar-refractivity contribution in [1.29, 1.82) is 0 Å². The Morgan fingerprint density at radius 2 is 1.89 bits per heavy atom. The molecule has 1 aromatic rings. The van der Waals surface area contributed by atoms with Crippen molar-refractivity contribution in [3.05, 3.63) is 35.9 Å². The molecule has 1 atom stereocenters. The summed E-state index contributed by atoms with van der Waals surface area (Å²) in [7, 11) is -3.13. The number of carbonyl (C=O) groups is 1. The molecule has 0 amide bonds. The Labute approximate surface area is 108 Å². The molecule has 0 aliphatic carbocycles. The van der Waals surface area contributed by atoms with E-state index in [0.717, 1.165) is 11.8 Å². The maximum atomic E-state index is 12.0. The van der Waals surface area contributed by atoms with Crippen LogP contribution in [0.1, 0.15) is 25.0 Å². The first kappa shape index (κ1) is 14.9. The lowest BCUT2D eigenvalue weighted by atomic mass is 10.0. The van der Waals surface area contributed by atoms with Gasteiger partial charge in [0.05, 0.1) is 5.75 Å². The molecule has 0 saturated heterocycles. The number of hydrogen-bond donors (Lipinski definition) is 0.